The molecule has 1 aliphatic heterocycles. The zero-order valence-corrected chi connectivity index (χ0v) is 13.6. The molecule has 1 atom stereocenters. The maximum Gasteiger partial charge on any atom is 0.431 e. The summed E-state index contributed by atoms with van der Waals surface area (Å²) in [5.41, 5.74) is -6.25. The van der Waals surface area contributed by atoms with Crippen LogP contribution >= 0.6 is 11.9 Å². The van der Waals surface area contributed by atoms with Crippen LogP contribution in [-0.2, 0) is 23.7 Å². The Labute approximate surface area is 142 Å². The Kier molecular flexibility index (Phi) is 3.95. The molecule has 1 aromatic rings. The highest BCUT2D eigenvalue weighted by Crippen LogP contribution is 2.44. The minimum atomic E-state index is -4.92. The lowest BCUT2D eigenvalue weighted by molar-refractivity contribution is -0.146. The standard InChI is InChI=1S/C14H12F3N3O4S/c1-19-9(14(15,16)17)6-10(21)20(12(19)24)13(11(22)23)7-4-2-3-5-8(7)25-18-13/h4-6,18H,2-3H2,1H3,(H,22,23). The number of carboxylic acids is 1. The van der Waals surface area contributed by atoms with E-state index in [1.54, 1.807) is 12.2 Å². The minimum absolute atomic E-state index is 0.176. The second kappa shape index (κ2) is 5.63. The van der Waals surface area contributed by atoms with Gasteiger partial charge in [0, 0.05) is 23.6 Å². The lowest BCUT2D eigenvalue weighted by atomic mass is 9.94. The number of aromatic nitrogens is 2. The molecule has 25 heavy (non-hydrogen) atoms. The number of aliphatic carboxylic acids is 1. The third kappa shape index (κ3) is 2.45. The molecule has 0 aromatic carbocycles. The Morgan fingerprint density at radius 2 is 1.96 bits per heavy atom. The number of rotatable bonds is 2. The predicted octanol–water partition coefficient (Wildman–Crippen LogP) is 1.16. The van der Waals surface area contributed by atoms with E-state index in [1.165, 1.54) is 0 Å². The summed E-state index contributed by atoms with van der Waals surface area (Å²) >= 11 is 0.921. The summed E-state index contributed by atoms with van der Waals surface area (Å²) < 4.78 is 42.0. The maximum absolute atomic E-state index is 13.0. The van der Waals surface area contributed by atoms with Crippen LogP contribution in [0.1, 0.15) is 18.5 Å². The van der Waals surface area contributed by atoms with Crippen LogP contribution in [0.3, 0.4) is 0 Å². The summed E-state index contributed by atoms with van der Waals surface area (Å²) in [6.45, 7) is 0. The van der Waals surface area contributed by atoms with Crippen molar-refractivity contribution in [2.75, 3.05) is 0 Å². The molecule has 7 nitrogen and oxygen atoms in total. The molecule has 134 valence electrons. The molecule has 0 amide bonds. The molecule has 3 rings (SSSR count). The summed E-state index contributed by atoms with van der Waals surface area (Å²) in [6.07, 6.45) is -0.457. The fourth-order valence-electron chi connectivity index (χ4n) is 2.89. The summed E-state index contributed by atoms with van der Waals surface area (Å²) in [7, 11) is 0.838. The first kappa shape index (κ1) is 17.5. The van der Waals surface area contributed by atoms with Gasteiger partial charge in [0.15, 0.2) is 0 Å². The first-order chi connectivity index (χ1) is 11.6. The minimum Gasteiger partial charge on any atom is -0.478 e. The highest BCUT2D eigenvalue weighted by molar-refractivity contribution is 8.01. The van der Waals surface area contributed by atoms with Gasteiger partial charge in [-0.1, -0.05) is 12.2 Å². The molecule has 0 spiro atoms. The topological polar surface area (TPSA) is 93.3 Å². The van der Waals surface area contributed by atoms with Gasteiger partial charge in [-0.3, -0.25) is 9.36 Å². The van der Waals surface area contributed by atoms with E-state index in [2.05, 4.69) is 4.72 Å². The fourth-order valence-corrected chi connectivity index (χ4v) is 3.97. The van der Waals surface area contributed by atoms with E-state index in [1.807, 2.05) is 0 Å². The smallest absolute Gasteiger partial charge is 0.431 e. The first-order valence-electron chi connectivity index (χ1n) is 7.10. The number of carboxylic acid groups (broad SMARTS) is 1. The van der Waals surface area contributed by atoms with Crippen molar-refractivity contribution in [3.8, 4) is 0 Å². The lowest BCUT2D eigenvalue weighted by Crippen LogP contribution is -2.60. The van der Waals surface area contributed by atoms with Gasteiger partial charge in [-0.05, 0) is 24.8 Å². The van der Waals surface area contributed by atoms with Crippen LogP contribution in [0.15, 0.2) is 38.3 Å². The molecular formula is C14H12F3N3O4S. The number of alkyl halides is 3. The van der Waals surface area contributed by atoms with Crippen LogP contribution in [0.25, 0.3) is 0 Å². The van der Waals surface area contributed by atoms with Crippen LogP contribution < -0.4 is 16.0 Å². The number of hydrogen-bond acceptors (Lipinski definition) is 5. The summed E-state index contributed by atoms with van der Waals surface area (Å²) in [4.78, 5) is 37.3. The van der Waals surface area contributed by atoms with Crippen LogP contribution in [0, 0.1) is 0 Å². The number of fused-ring (bicyclic) bond motifs is 1. The number of halogens is 3. The maximum atomic E-state index is 13.0. The van der Waals surface area contributed by atoms with E-state index in [0.29, 0.717) is 22.3 Å². The Morgan fingerprint density at radius 3 is 2.56 bits per heavy atom. The van der Waals surface area contributed by atoms with Gasteiger partial charge in [-0.15, -0.1) is 0 Å². The van der Waals surface area contributed by atoms with Gasteiger partial charge < -0.3 is 5.11 Å². The van der Waals surface area contributed by atoms with Crippen molar-refractivity contribution in [2.45, 2.75) is 24.7 Å². The molecule has 1 aromatic heterocycles. The molecule has 11 heteroatoms. The van der Waals surface area contributed by atoms with E-state index >= 15 is 0 Å². The van der Waals surface area contributed by atoms with Crippen LogP contribution in [-0.4, -0.2) is 20.2 Å². The second-order valence-corrected chi connectivity index (χ2v) is 6.37. The van der Waals surface area contributed by atoms with Gasteiger partial charge in [0.05, 0.1) is 0 Å². The van der Waals surface area contributed by atoms with Gasteiger partial charge in [-0.25, -0.2) is 18.9 Å². The van der Waals surface area contributed by atoms with Gasteiger partial charge in [0.2, 0.25) is 5.66 Å². The van der Waals surface area contributed by atoms with Crippen LogP contribution in [0.2, 0.25) is 0 Å². The van der Waals surface area contributed by atoms with Crippen molar-refractivity contribution in [1.29, 1.82) is 0 Å². The first-order valence-corrected chi connectivity index (χ1v) is 7.91. The molecule has 1 unspecified atom stereocenters. The molecule has 0 bridgehead atoms. The third-order valence-electron chi connectivity index (χ3n) is 4.06. The van der Waals surface area contributed by atoms with Crippen molar-refractivity contribution >= 4 is 17.9 Å². The lowest BCUT2D eigenvalue weighted by Gasteiger charge is -2.28. The quantitative estimate of drug-likeness (QED) is 0.754. The average Bonchev–Trinajstić information content (AvgIpc) is 2.91. The molecule has 1 aliphatic carbocycles. The van der Waals surface area contributed by atoms with E-state index in [9.17, 15) is 32.7 Å². The van der Waals surface area contributed by atoms with Crippen molar-refractivity contribution < 1.29 is 23.1 Å². The number of hydrogen-bond donors (Lipinski definition) is 2. The normalized spacial score (nSPS) is 23.0. The number of carbonyl (C=O) groups is 1. The van der Waals surface area contributed by atoms with E-state index in [0.717, 1.165) is 19.0 Å². The Morgan fingerprint density at radius 1 is 1.32 bits per heavy atom. The molecule has 0 radical (unpaired) electrons. The summed E-state index contributed by atoms with van der Waals surface area (Å²) in [5.74, 6) is -1.56. The highest BCUT2D eigenvalue weighted by atomic mass is 32.2. The van der Waals surface area contributed by atoms with Crippen molar-refractivity contribution in [2.24, 2.45) is 7.05 Å². The molecule has 2 aliphatic rings. The van der Waals surface area contributed by atoms with Gasteiger partial charge in [0.1, 0.15) is 5.69 Å². The van der Waals surface area contributed by atoms with E-state index in [-0.39, 0.29) is 16.2 Å². The van der Waals surface area contributed by atoms with Crippen LogP contribution in [0.4, 0.5) is 13.2 Å². The van der Waals surface area contributed by atoms with Crippen LogP contribution in [0.5, 0.6) is 0 Å². The van der Waals surface area contributed by atoms with E-state index in [4.69, 9.17) is 0 Å². The monoisotopic (exact) mass is 375 g/mol. The van der Waals surface area contributed by atoms with Gasteiger partial charge >= 0.3 is 17.8 Å². The zero-order chi connectivity index (χ0) is 18.6. The molecule has 1 fully saturated rings. The second-order valence-electron chi connectivity index (χ2n) is 5.53. The molecule has 0 saturated carbocycles. The molecule has 1 saturated heterocycles. The number of nitrogens with one attached hydrogen (secondary N) is 1. The Bertz CT molecular complexity index is 944. The molecular weight excluding hydrogens is 363 g/mol. The Balaban J connectivity index is 2.35. The van der Waals surface area contributed by atoms with Crippen molar-refractivity contribution in [3.05, 3.63) is 55.2 Å². The predicted molar refractivity (Wildman–Crippen MR) is 82.7 cm³/mol. The largest absolute Gasteiger partial charge is 0.478 e. The van der Waals surface area contributed by atoms with Gasteiger partial charge in [-0.2, -0.15) is 13.2 Å². The van der Waals surface area contributed by atoms with Gasteiger partial charge in [0.25, 0.3) is 5.56 Å². The van der Waals surface area contributed by atoms with E-state index < -0.39 is 34.8 Å². The number of allylic oxidation sites excluding steroid dienone is 2. The fraction of sp³-hybridized carbons (Fsp3) is 0.357. The highest BCUT2D eigenvalue weighted by Gasteiger charge is 2.53. The summed E-state index contributed by atoms with van der Waals surface area (Å²) in [5, 5.41) is 9.75. The SMILES string of the molecule is Cn1c(C(F)(F)F)cc(=O)n(C2(C(=O)O)NSC3=CCCC=C32)c1=O. The molecule has 2 heterocycles. The summed E-state index contributed by atoms with van der Waals surface area (Å²) in [6, 6.07) is 0.226. The average molecular weight is 375 g/mol. The zero-order valence-electron chi connectivity index (χ0n) is 12.8. The van der Waals surface area contributed by atoms with Crippen molar-refractivity contribution in [3.63, 3.8) is 0 Å². The van der Waals surface area contributed by atoms with Crippen molar-refractivity contribution in [1.82, 2.24) is 13.9 Å². The number of nitrogens with zero attached hydrogens (tertiary/aromatic N) is 2. The Hall–Kier alpha value is -2.27. The third-order valence-corrected chi connectivity index (χ3v) is 5.07. The molecule has 2 N–H and O–H groups in total.